The Bertz CT molecular complexity index is 833. The summed E-state index contributed by atoms with van der Waals surface area (Å²) in [5.74, 6) is 2.60. The molecule has 3 N–H and O–H groups in total. The Morgan fingerprint density at radius 2 is 1.83 bits per heavy atom. The summed E-state index contributed by atoms with van der Waals surface area (Å²) in [6.45, 7) is 1.12. The first kappa shape index (κ1) is 20.6. The van der Waals surface area contributed by atoms with Crippen LogP contribution < -0.4 is 24.7 Å². The molecule has 2 aromatic rings. The van der Waals surface area contributed by atoms with Gasteiger partial charge in [-0.3, -0.25) is 4.79 Å². The number of phenols is 1. The number of rotatable bonds is 5. The third kappa shape index (κ3) is 4.48. The van der Waals surface area contributed by atoms with Gasteiger partial charge in [0.25, 0.3) is 6.47 Å². The van der Waals surface area contributed by atoms with Crippen molar-refractivity contribution in [3.05, 3.63) is 41.5 Å². The molecule has 0 amide bonds. The van der Waals surface area contributed by atoms with E-state index in [9.17, 15) is 9.90 Å². The topological polar surface area (TPSA) is 109 Å². The number of aryl methyl sites for hydroxylation is 1. The number of methoxy groups -OCH3 is 2. The molecular weight excluding hydrogens is 378 g/mol. The van der Waals surface area contributed by atoms with E-state index in [1.54, 1.807) is 18.2 Å². The van der Waals surface area contributed by atoms with Crippen LogP contribution in [0.5, 0.6) is 28.7 Å². The van der Waals surface area contributed by atoms with Crippen molar-refractivity contribution >= 4 is 6.47 Å². The minimum Gasteiger partial charge on any atom is -0.502 e. The normalized spacial score (nSPS) is 18.7. The minimum atomic E-state index is -0.122. The van der Waals surface area contributed by atoms with Crippen molar-refractivity contribution in [3.8, 4) is 28.7 Å². The maximum atomic E-state index is 10.3. The molecule has 8 nitrogen and oxygen atoms in total. The number of para-hydroxylation sites is 1. The molecule has 0 radical (unpaired) electrons. The summed E-state index contributed by atoms with van der Waals surface area (Å²) in [5, 5.41) is 9.34. The van der Waals surface area contributed by atoms with Gasteiger partial charge in [0.05, 0.1) is 20.8 Å². The molecule has 2 unspecified atom stereocenters. The van der Waals surface area contributed by atoms with Crippen molar-refractivity contribution in [3.63, 3.8) is 0 Å². The highest BCUT2D eigenvalue weighted by atomic mass is 16.7. The van der Waals surface area contributed by atoms with Crippen LogP contribution in [0.3, 0.4) is 0 Å². The first-order valence-corrected chi connectivity index (χ1v) is 9.22. The van der Waals surface area contributed by atoms with Gasteiger partial charge in [0.15, 0.2) is 23.0 Å². The highest BCUT2D eigenvalue weighted by Gasteiger charge is 2.29. The van der Waals surface area contributed by atoms with Crippen molar-refractivity contribution < 1.29 is 33.6 Å². The van der Waals surface area contributed by atoms with Gasteiger partial charge in [-0.05, 0) is 48.2 Å². The van der Waals surface area contributed by atoms with E-state index < -0.39 is 0 Å². The Hall–Kier alpha value is -3.13. The molecule has 4 rings (SSSR count). The summed E-state index contributed by atoms with van der Waals surface area (Å²) < 4.78 is 25.3. The number of benzene rings is 2. The van der Waals surface area contributed by atoms with E-state index in [0.717, 1.165) is 29.9 Å². The van der Waals surface area contributed by atoms with Gasteiger partial charge >= 0.3 is 0 Å². The lowest BCUT2D eigenvalue weighted by atomic mass is 9.80. The fraction of sp³-hybridized carbons (Fsp3) is 0.381. The summed E-state index contributed by atoms with van der Waals surface area (Å²) >= 11 is 0. The van der Waals surface area contributed by atoms with Crippen molar-refractivity contribution in [1.82, 2.24) is 0 Å². The van der Waals surface area contributed by atoms with Crippen LogP contribution in [-0.4, -0.2) is 39.2 Å². The molecule has 2 aliphatic rings. The smallest absolute Gasteiger partial charge is 0.293 e. The lowest BCUT2D eigenvalue weighted by Crippen LogP contribution is -2.30. The van der Waals surface area contributed by atoms with Crippen LogP contribution in [0.4, 0.5) is 0 Å². The van der Waals surface area contributed by atoms with E-state index in [2.05, 4.69) is 0 Å². The zero-order valence-corrected chi connectivity index (χ0v) is 16.4. The van der Waals surface area contributed by atoms with E-state index >= 15 is 0 Å². The summed E-state index contributed by atoms with van der Waals surface area (Å²) in [6, 6.07) is 8.92. The molecule has 2 atom stereocenters. The molecule has 0 saturated heterocycles. The highest BCUT2D eigenvalue weighted by Crippen LogP contribution is 2.41. The van der Waals surface area contributed by atoms with Gasteiger partial charge < -0.3 is 34.5 Å². The van der Waals surface area contributed by atoms with Crippen LogP contribution in [0.2, 0.25) is 0 Å². The number of hydrogen-bond acceptors (Lipinski definition) is 8. The predicted octanol–water partition coefficient (Wildman–Crippen LogP) is 2.56. The SMILES string of the molecule is COc1cccc(OC)c1O.NC1c2cc3c(cc2CCC1COC=O)OCO3. The van der Waals surface area contributed by atoms with Crippen LogP contribution in [0.1, 0.15) is 23.6 Å². The fourth-order valence-corrected chi connectivity index (χ4v) is 3.48. The lowest BCUT2D eigenvalue weighted by molar-refractivity contribution is -0.130. The number of fused-ring (bicyclic) bond motifs is 2. The number of phenolic OH excluding ortho intramolecular Hbond substituents is 1. The monoisotopic (exact) mass is 403 g/mol. The molecule has 156 valence electrons. The molecule has 0 fully saturated rings. The zero-order valence-electron chi connectivity index (χ0n) is 16.4. The lowest BCUT2D eigenvalue weighted by Gasteiger charge is -2.30. The van der Waals surface area contributed by atoms with Gasteiger partial charge in [-0.1, -0.05) is 6.07 Å². The Morgan fingerprint density at radius 3 is 2.45 bits per heavy atom. The van der Waals surface area contributed by atoms with Gasteiger partial charge in [-0.25, -0.2) is 0 Å². The summed E-state index contributed by atoms with van der Waals surface area (Å²) in [7, 11) is 2.99. The van der Waals surface area contributed by atoms with Crippen LogP contribution >= 0.6 is 0 Å². The molecule has 0 aromatic heterocycles. The van der Waals surface area contributed by atoms with Crippen LogP contribution in [-0.2, 0) is 16.0 Å². The van der Waals surface area contributed by atoms with E-state index in [4.69, 9.17) is 29.4 Å². The van der Waals surface area contributed by atoms with Crippen molar-refractivity contribution in [1.29, 1.82) is 0 Å². The number of nitrogens with two attached hydrogens (primary N) is 1. The average Bonchev–Trinajstić information content (AvgIpc) is 3.20. The van der Waals surface area contributed by atoms with Crippen LogP contribution in [0.15, 0.2) is 30.3 Å². The Labute approximate surface area is 169 Å². The van der Waals surface area contributed by atoms with Gasteiger partial charge in [-0.15, -0.1) is 0 Å². The van der Waals surface area contributed by atoms with Gasteiger partial charge in [0.2, 0.25) is 12.5 Å². The fourth-order valence-electron chi connectivity index (χ4n) is 3.48. The first-order chi connectivity index (χ1) is 14.1. The zero-order chi connectivity index (χ0) is 20.8. The number of ether oxygens (including phenoxy) is 5. The second-order valence-electron chi connectivity index (χ2n) is 6.67. The van der Waals surface area contributed by atoms with Gasteiger partial charge in [0.1, 0.15) is 0 Å². The van der Waals surface area contributed by atoms with E-state index in [0.29, 0.717) is 24.6 Å². The molecule has 1 aliphatic heterocycles. The molecule has 0 saturated carbocycles. The van der Waals surface area contributed by atoms with Crippen molar-refractivity contribution in [2.24, 2.45) is 11.7 Å². The summed E-state index contributed by atoms with van der Waals surface area (Å²) in [4.78, 5) is 10.3. The number of carbonyl (C=O) groups excluding carboxylic acids is 1. The third-order valence-electron chi connectivity index (χ3n) is 5.07. The molecule has 0 bridgehead atoms. The standard InChI is InChI=1S/C13H15NO4.C8H10O3/c14-13-9(5-16-6-15)2-1-8-3-11-12(4-10(8)13)18-7-17-11;1-10-6-4-3-5-7(11-2)8(6)9/h3-4,6,9,13H,1-2,5,7,14H2;3-5,9H,1-2H3. The largest absolute Gasteiger partial charge is 0.502 e. The Morgan fingerprint density at radius 1 is 1.17 bits per heavy atom. The molecular formula is C21H25NO7. The molecule has 0 spiro atoms. The van der Waals surface area contributed by atoms with Crippen LogP contribution in [0.25, 0.3) is 0 Å². The van der Waals surface area contributed by atoms with E-state index in [1.807, 2.05) is 12.1 Å². The molecule has 1 aliphatic carbocycles. The molecule has 29 heavy (non-hydrogen) atoms. The maximum absolute atomic E-state index is 10.3. The summed E-state index contributed by atoms with van der Waals surface area (Å²) in [6.07, 6.45) is 1.84. The Kier molecular flexibility index (Phi) is 6.66. The molecule has 1 heterocycles. The summed E-state index contributed by atoms with van der Waals surface area (Å²) in [5.41, 5.74) is 8.51. The average molecular weight is 403 g/mol. The van der Waals surface area contributed by atoms with Crippen LogP contribution in [0, 0.1) is 5.92 Å². The quantitative estimate of drug-likeness (QED) is 0.733. The van der Waals surface area contributed by atoms with Crippen molar-refractivity contribution in [2.75, 3.05) is 27.6 Å². The second-order valence-corrected chi connectivity index (χ2v) is 6.67. The van der Waals surface area contributed by atoms with E-state index in [-0.39, 0.29) is 24.5 Å². The number of carbonyl (C=O) groups is 1. The van der Waals surface area contributed by atoms with Crippen molar-refractivity contribution in [2.45, 2.75) is 18.9 Å². The Balaban J connectivity index is 0.000000188. The second kappa shape index (κ2) is 9.38. The minimum absolute atomic E-state index is 0.0394. The number of hydrogen-bond donors (Lipinski definition) is 2. The molecule has 2 aromatic carbocycles. The molecule has 8 heteroatoms. The van der Waals surface area contributed by atoms with Gasteiger partial charge in [0, 0.05) is 12.0 Å². The number of aromatic hydroxyl groups is 1. The maximum Gasteiger partial charge on any atom is 0.293 e. The van der Waals surface area contributed by atoms with Gasteiger partial charge in [-0.2, -0.15) is 0 Å². The highest BCUT2D eigenvalue weighted by molar-refractivity contribution is 5.51. The first-order valence-electron chi connectivity index (χ1n) is 9.22. The predicted molar refractivity (Wildman–Crippen MR) is 105 cm³/mol. The third-order valence-corrected chi connectivity index (χ3v) is 5.07. The van der Waals surface area contributed by atoms with E-state index in [1.165, 1.54) is 19.8 Å².